The van der Waals surface area contributed by atoms with Crippen molar-refractivity contribution < 1.29 is 0 Å². The summed E-state index contributed by atoms with van der Waals surface area (Å²) < 4.78 is -0.419. The third-order valence-electron chi connectivity index (χ3n) is 7.63. The molecule has 0 amide bonds. The Balaban J connectivity index is 3.80. The molecule has 0 radical (unpaired) electrons. The quantitative estimate of drug-likeness (QED) is 0.0603. The second-order valence-electron chi connectivity index (χ2n) is 11.2. The van der Waals surface area contributed by atoms with Crippen molar-refractivity contribution in [1.82, 2.24) is 0 Å². The van der Waals surface area contributed by atoms with Crippen LogP contribution in [-0.2, 0) is 0 Å². The average Bonchev–Trinajstić information content (AvgIpc) is 2.79. The standard InChI is InChI=1S/C30H62Cl2Si/c1-5-7-9-11-13-15-16-17-18-19-20-22-24-26-28-29(30(31,32)33(3)4)27-25-23-21-14-12-10-8-6-2/h29,33H,5-28H2,1-4H3. The molecule has 0 heterocycles. The van der Waals surface area contributed by atoms with E-state index >= 15 is 0 Å². The van der Waals surface area contributed by atoms with Crippen molar-refractivity contribution in [3.05, 3.63) is 0 Å². The Morgan fingerprint density at radius 2 is 0.697 bits per heavy atom. The van der Waals surface area contributed by atoms with Crippen LogP contribution >= 0.6 is 23.2 Å². The van der Waals surface area contributed by atoms with Gasteiger partial charge in [-0.05, 0) is 18.8 Å². The van der Waals surface area contributed by atoms with Gasteiger partial charge in [-0.15, -0.1) is 23.2 Å². The molecule has 0 bridgehead atoms. The Morgan fingerprint density at radius 3 is 0.939 bits per heavy atom. The van der Waals surface area contributed by atoms with Crippen molar-refractivity contribution >= 4 is 32.0 Å². The fourth-order valence-electron chi connectivity index (χ4n) is 5.11. The molecule has 0 nitrogen and oxygen atoms in total. The summed E-state index contributed by atoms with van der Waals surface area (Å²) in [5, 5.41) is 0. The van der Waals surface area contributed by atoms with Gasteiger partial charge in [0.15, 0.2) is 0 Å². The smallest absolute Gasteiger partial charge is 0.106 e. The van der Waals surface area contributed by atoms with Crippen LogP contribution in [0.15, 0.2) is 0 Å². The maximum atomic E-state index is 6.92. The SMILES string of the molecule is CCCCCCCCCCCCCCCCC(CCCCCCCCCC)C(Cl)(Cl)[SiH](C)C. The average molecular weight is 522 g/mol. The van der Waals surface area contributed by atoms with E-state index in [1.54, 1.807) is 0 Å². The van der Waals surface area contributed by atoms with E-state index in [4.69, 9.17) is 23.2 Å². The summed E-state index contributed by atoms with van der Waals surface area (Å²) in [6.07, 6.45) is 33.5. The van der Waals surface area contributed by atoms with E-state index in [-0.39, 0.29) is 0 Å². The van der Waals surface area contributed by atoms with Gasteiger partial charge in [0, 0.05) is 0 Å². The molecule has 33 heavy (non-hydrogen) atoms. The van der Waals surface area contributed by atoms with E-state index in [2.05, 4.69) is 26.9 Å². The highest BCUT2D eigenvalue weighted by atomic mass is 35.5. The second-order valence-corrected chi connectivity index (χ2v) is 16.6. The Hall–Kier alpha value is 0.797. The van der Waals surface area contributed by atoms with Crippen LogP contribution in [0.5, 0.6) is 0 Å². The molecule has 0 aliphatic heterocycles. The van der Waals surface area contributed by atoms with E-state index in [1.165, 1.54) is 154 Å². The Bertz CT molecular complexity index is 383. The monoisotopic (exact) mass is 520 g/mol. The topological polar surface area (TPSA) is 0 Å². The number of unbranched alkanes of at least 4 members (excludes halogenated alkanes) is 20. The van der Waals surface area contributed by atoms with Gasteiger partial charge in [-0.1, -0.05) is 168 Å². The van der Waals surface area contributed by atoms with E-state index in [0.717, 1.165) is 0 Å². The molecule has 0 spiro atoms. The molecule has 0 fully saturated rings. The lowest BCUT2D eigenvalue weighted by Crippen LogP contribution is -2.38. The third-order valence-corrected chi connectivity index (χ3v) is 12.9. The van der Waals surface area contributed by atoms with Gasteiger partial charge in [0.25, 0.3) is 0 Å². The van der Waals surface area contributed by atoms with E-state index < -0.39 is 12.8 Å². The van der Waals surface area contributed by atoms with Crippen molar-refractivity contribution in [2.75, 3.05) is 0 Å². The fraction of sp³-hybridized carbons (Fsp3) is 1.00. The molecule has 0 aliphatic rings. The lowest BCUT2D eigenvalue weighted by Gasteiger charge is -2.33. The van der Waals surface area contributed by atoms with Crippen molar-refractivity contribution in [1.29, 1.82) is 0 Å². The first-order valence-corrected chi connectivity index (χ1v) is 19.0. The number of rotatable bonds is 26. The van der Waals surface area contributed by atoms with Crippen molar-refractivity contribution in [2.45, 2.75) is 185 Å². The van der Waals surface area contributed by atoms with Gasteiger partial charge in [0.1, 0.15) is 3.96 Å². The summed E-state index contributed by atoms with van der Waals surface area (Å²) in [5.74, 6) is 0.518. The van der Waals surface area contributed by atoms with Crippen LogP contribution in [0.25, 0.3) is 0 Å². The Kier molecular flexibility index (Phi) is 25.1. The summed E-state index contributed by atoms with van der Waals surface area (Å²) >= 11 is 13.8. The maximum Gasteiger partial charge on any atom is 0.106 e. The van der Waals surface area contributed by atoms with Gasteiger partial charge in [0.05, 0.1) is 8.80 Å². The number of alkyl halides is 2. The molecule has 0 rings (SSSR count). The highest BCUT2D eigenvalue weighted by Crippen LogP contribution is 2.39. The zero-order chi connectivity index (χ0) is 24.6. The van der Waals surface area contributed by atoms with Crippen LogP contribution in [0.3, 0.4) is 0 Å². The van der Waals surface area contributed by atoms with Gasteiger partial charge in [-0.3, -0.25) is 0 Å². The van der Waals surface area contributed by atoms with Crippen LogP contribution in [0.4, 0.5) is 0 Å². The normalized spacial score (nSPS) is 13.2. The maximum absolute atomic E-state index is 6.92. The molecule has 3 heteroatoms. The van der Waals surface area contributed by atoms with E-state index in [9.17, 15) is 0 Å². The second kappa shape index (κ2) is 24.5. The van der Waals surface area contributed by atoms with E-state index in [0.29, 0.717) is 5.92 Å². The van der Waals surface area contributed by atoms with Crippen molar-refractivity contribution in [3.63, 3.8) is 0 Å². The zero-order valence-corrected chi connectivity index (χ0v) is 26.0. The lowest BCUT2D eigenvalue weighted by molar-refractivity contribution is 0.403. The minimum Gasteiger partial charge on any atom is -0.106 e. The van der Waals surface area contributed by atoms with Crippen molar-refractivity contribution in [2.24, 2.45) is 5.92 Å². The Morgan fingerprint density at radius 1 is 0.455 bits per heavy atom. The van der Waals surface area contributed by atoms with Gasteiger partial charge in [-0.25, -0.2) is 0 Å². The summed E-state index contributed by atoms with van der Waals surface area (Å²) in [7, 11) is -1.08. The van der Waals surface area contributed by atoms with Crippen molar-refractivity contribution in [3.8, 4) is 0 Å². The summed E-state index contributed by atoms with van der Waals surface area (Å²) in [6.45, 7) is 9.24. The predicted molar refractivity (Wildman–Crippen MR) is 159 cm³/mol. The van der Waals surface area contributed by atoms with Crippen LogP contribution in [0.2, 0.25) is 13.1 Å². The van der Waals surface area contributed by atoms with E-state index in [1.807, 2.05) is 0 Å². The van der Waals surface area contributed by atoms with Gasteiger partial charge < -0.3 is 0 Å². The minimum absolute atomic E-state index is 0.419. The molecule has 0 aliphatic carbocycles. The fourth-order valence-corrected chi connectivity index (χ4v) is 6.82. The zero-order valence-electron chi connectivity index (χ0n) is 23.4. The molecule has 200 valence electrons. The minimum atomic E-state index is -1.08. The first-order chi connectivity index (χ1) is 16.0. The molecule has 0 saturated heterocycles. The predicted octanol–water partition coefficient (Wildman–Crippen LogP) is 12.2. The molecule has 0 aromatic rings. The molecule has 1 unspecified atom stereocenters. The molecular weight excluding hydrogens is 459 g/mol. The molecule has 0 N–H and O–H groups in total. The van der Waals surface area contributed by atoms with Crippen LogP contribution in [0.1, 0.15) is 168 Å². The molecule has 0 aromatic carbocycles. The first kappa shape index (κ1) is 33.8. The Labute approximate surface area is 222 Å². The summed E-state index contributed by atoms with van der Waals surface area (Å²) in [4.78, 5) is 0. The van der Waals surface area contributed by atoms with Crippen LogP contribution in [-0.4, -0.2) is 12.8 Å². The summed E-state index contributed by atoms with van der Waals surface area (Å²) in [6, 6.07) is 0. The number of halogens is 2. The lowest BCUT2D eigenvalue weighted by atomic mass is 9.95. The highest BCUT2D eigenvalue weighted by molar-refractivity contribution is 6.82. The number of hydrogen-bond acceptors (Lipinski definition) is 0. The first-order valence-electron chi connectivity index (χ1n) is 15.3. The number of hydrogen-bond donors (Lipinski definition) is 0. The highest BCUT2D eigenvalue weighted by Gasteiger charge is 2.37. The van der Waals surface area contributed by atoms with Crippen LogP contribution < -0.4 is 0 Å². The molecular formula is C30H62Cl2Si. The summed E-state index contributed by atoms with van der Waals surface area (Å²) in [5.41, 5.74) is 0. The largest absolute Gasteiger partial charge is 0.106 e. The van der Waals surface area contributed by atoms with Crippen LogP contribution in [0, 0.1) is 5.92 Å². The van der Waals surface area contributed by atoms with Gasteiger partial charge >= 0.3 is 0 Å². The molecule has 0 aromatic heterocycles. The molecule has 1 atom stereocenters. The molecule has 0 saturated carbocycles. The van der Waals surface area contributed by atoms with Gasteiger partial charge in [0.2, 0.25) is 0 Å². The van der Waals surface area contributed by atoms with Gasteiger partial charge in [-0.2, -0.15) is 0 Å². The third kappa shape index (κ3) is 20.7.